The minimum atomic E-state index is -2.71. The lowest BCUT2D eigenvalue weighted by Crippen LogP contribution is -2.33. The fraction of sp³-hybridized carbons (Fsp3) is 0.333. The quantitative estimate of drug-likeness (QED) is 0.274. The van der Waals surface area contributed by atoms with E-state index in [4.69, 9.17) is 9.72 Å². The van der Waals surface area contributed by atoms with Crippen molar-refractivity contribution in [2.75, 3.05) is 45.2 Å². The third-order valence-corrected chi connectivity index (χ3v) is 8.96. The summed E-state index contributed by atoms with van der Waals surface area (Å²) >= 11 is 3.55. The zero-order chi connectivity index (χ0) is 27.0. The summed E-state index contributed by atoms with van der Waals surface area (Å²) in [6.45, 7) is 3.46. The molecule has 0 aliphatic heterocycles. The van der Waals surface area contributed by atoms with Crippen molar-refractivity contribution < 1.29 is 9.30 Å². The molecule has 2 N–H and O–H groups in total. The van der Waals surface area contributed by atoms with Gasteiger partial charge in [-0.2, -0.15) is 4.98 Å². The van der Waals surface area contributed by atoms with Crippen LogP contribution in [0.1, 0.15) is 17.5 Å². The predicted octanol–water partition coefficient (Wildman–Crippen LogP) is 5.35. The Morgan fingerprint density at radius 1 is 1.05 bits per heavy atom. The normalized spacial score (nSPS) is 15.4. The van der Waals surface area contributed by atoms with Gasteiger partial charge in [-0.25, -0.2) is 4.98 Å². The molecule has 0 radical (unpaired) electrons. The molecule has 1 atom stereocenters. The number of nitrogens with one attached hydrogen (secondary N) is 2. The van der Waals surface area contributed by atoms with Crippen molar-refractivity contribution in [2.45, 2.75) is 25.3 Å². The summed E-state index contributed by atoms with van der Waals surface area (Å²) in [5.41, 5.74) is 5.41. The summed E-state index contributed by atoms with van der Waals surface area (Å²) in [5, 5.41) is 7.32. The van der Waals surface area contributed by atoms with E-state index in [0.717, 1.165) is 30.7 Å². The Morgan fingerprint density at radius 2 is 1.84 bits per heavy atom. The van der Waals surface area contributed by atoms with Crippen LogP contribution in [0.2, 0.25) is 0 Å². The molecular formula is C27H31BrN7O2P. The van der Waals surface area contributed by atoms with Crippen molar-refractivity contribution in [1.82, 2.24) is 24.8 Å². The lowest BCUT2D eigenvalue weighted by Gasteiger charge is -2.30. The molecule has 198 valence electrons. The molecule has 1 aliphatic rings. The molecule has 0 saturated heterocycles. The van der Waals surface area contributed by atoms with Gasteiger partial charge in [0.15, 0.2) is 0 Å². The van der Waals surface area contributed by atoms with E-state index in [1.165, 1.54) is 11.1 Å². The van der Waals surface area contributed by atoms with E-state index in [-0.39, 0.29) is 0 Å². The number of aryl methyl sites for hydroxylation is 1. The molecule has 2 aromatic carbocycles. The van der Waals surface area contributed by atoms with Crippen molar-refractivity contribution in [1.29, 1.82) is 0 Å². The van der Waals surface area contributed by atoms with Crippen molar-refractivity contribution in [3.8, 4) is 5.75 Å². The smallest absolute Gasteiger partial charge is 0.229 e. The number of hydrogen-bond donors (Lipinski definition) is 2. The third kappa shape index (κ3) is 5.39. The highest BCUT2D eigenvalue weighted by atomic mass is 79.9. The highest BCUT2D eigenvalue weighted by Crippen LogP contribution is 2.41. The number of rotatable bonds is 7. The molecule has 9 nitrogen and oxygen atoms in total. The van der Waals surface area contributed by atoms with Crippen LogP contribution >= 0.6 is 23.1 Å². The van der Waals surface area contributed by atoms with Gasteiger partial charge in [-0.1, -0.05) is 0 Å². The van der Waals surface area contributed by atoms with Crippen LogP contribution in [0.25, 0.3) is 11.0 Å². The number of anilines is 4. The van der Waals surface area contributed by atoms with Gasteiger partial charge in [0.2, 0.25) is 5.95 Å². The maximum atomic E-state index is 13.3. The third-order valence-electron chi connectivity index (χ3n) is 6.85. The number of likely N-dealkylation sites (N-methyl/N-ethyl adjacent to an activating group) is 1. The van der Waals surface area contributed by atoms with Gasteiger partial charge in [-0.3, -0.25) is 9.97 Å². The van der Waals surface area contributed by atoms with Gasteiger partial charge in [0.25, 0.3) is 0 Å². The molecule has 0 saturated carbocycles. The molecular weight excluding hydrogens is 565 g/mol. The molecule has 0 fully saturated rings. The van der Waals surface area contributed by atoms with Crippen LogP contribution in [0.4, 0.5) is 23.1 Å². The second kappa shape index (κ2) is 10.6. The SMILES string of the molecule is COc1cc2c(cc1Nc1ncc(Br)c(Nc3ccc4nccnc4c3P(C)(C)=O)n1)CC[C@H](N(C)C)C2. The van der Waals surface area contributed by atoms with Gasteiger partial charge >= 0.3 is 0 Å². The number of ether oxygens (including phenoxy) is 1. The molecule has 0 bridgehead atoms. The van der Waals surface area contributed by atoms with Crippen LogP contribution in [0, 0.1) is 0 Å². The Balaban J connectivity index is 1.47. The molecule has 0 amide bonds. The molecule has 0 unspecified atom stereocenters. The van der Waals surface area contributed by atoms with E-state index < -0.39 is 7.14 Å². The first kappa shape index (κ1) is 26.5. The average Bonchev–Trinajstić information content (AvgIpc) is 2.89. The summed E-state index contributed by atoms with van der Waals surface area (Å²) in [6.07, 6.45) is 8.05. The summed E-state index contributed by atoms with van der Waals surface area (Å²) in [5.74, 6) is 1.69. The number of nitrogens with zero attached hydrogens (tertiary/aromatic N) is 5. The van der Waals surface area contributed by atoms with Crippen molar-refractivity contribution in [3.63, 3.8) is 0 Å². The lowest BCUT2D eigenvalue weighted by atomic mass is 9.87. The zero-order valence-corrected chi connectivity index (χ0v) is 24.6. The molecule has 2 heterocycles. The zero-order valence-electron chi connectivity index (χ0n) is 22.1. The van der Waals surface area contributed by atoms with Crippen LogP contribution in [0.5, 0.6) is 5.75 Å². The summed E-state index contributed by atoms with van der Waals surface area (Å²) in [6, 6.07) is 8.51. The van der Waals surface area contributed by atoms with E-state index in [9.17, 15) is 4.57 Å². The van der Waals surface area contributed by atoms with Gasteiger partial charge in [0.05, 0.1) is 33.8 Å². The molecule has 2 aromatic heterocycles. The topological polar surface area (TPSA) is 105 Å². The van der Waals surface area contributed by atoms with E-state index in [1.807, 2.05) is 12.1 Å². The Labute approximate surface area is 231 Å². The minimum Gasteiger partial charge on any atom is -0.495 e. The Hall–Kier alpha value is -3.07. The average molecular weight is 596 g/mol. The van der Waals surface area contributed by atoms with E-state index >= 15 is 0 Å². The van der Waals surface area contributed by atoms with E-state index in [1.54, 1.807) is 39.0 Å². The lowest BCUT2D eigenvalue weighted by molar-refractivity contribution is 0.268. The molecule has 0 spiro atoms. The van der Waals surface area contributed by atoms with Crippen LogP contribution in [-0.2, 0) is 17.4 Å². The molecule has 4 aromatic rings. The fourth-order valence-electron chi connectivity index (χ4n) is 4.91. The molecule has 1 aliphatic carbocycles. The monoisotopic (exact) mass is 595 g/mol. The van der Waals surface area contributed by atoms with Crippen molar-refractivity contribution in [3.05, 3.63) is 58.5 Å². The van der Waals surface area contributed by atoms with Gasteiger partial charge in [-0.05, 0) is 98.0 Å². The highest BCUT2D eigenvalue weighted by molar-refractivity contribution is 9.10. The molecule has 11 heteroatoms. The second-order valence-electron chi connectivity index (χ2n) is 10.1. The summed E-state index contributed by atoms with van der Waals surface area (Å²) in [7, 11) is 3.23. The van der Waals surface area contributed by atoms with Gasteiger partial charge < -0.3 is 24.8 Å². The first-order valence-electron chi connectivity index (χ1n) is 12.4. The van der Waals surface area contributed by atoms with E-state index in [0.29, 0.717) is 44.3 Å². The Morgan fingerprint density at radius 3 is 2.58 bits per heavy atom. The Bertz CT molecular complexity index is 1560. The Kier molecular flexibility index (Phi) is 7.40. The van der Waals surface area contributed by atoms with Gasteiger partial charge in [0, 0.05) is 24.6 Å². The number of hydrogen-bond acceptors (Lipinski definition) is 9. The fourth-order valence-corrected chi connectivity index (χ4v) is 6.59. The summed E-state index contributed by atoms with van der Waals surface area (Å²) < 4.78 is 19.7. The largest absolute Gasteiger partial charge is 0.495 e. The van der Waals surface area contributed by atoms with Gasteiger partial charge in [0.1, 0.15) is 24.2 Å². The van der Waals surface area contributed by atoms with E-state index in [2.05, 4.69) is 72.6 Å². The first-order valence-corrected chi connectivity index (χ1v) is 15.8. The maximum absolute atomic E-state index is 13.3. The standard InChI is InChI=1S/C27H31BrN7O2P/c1-35(2)18-7-6-16-13-22(23(37-3)14-17(16)12-18)33-27-31-15-19(28)26(34-27)32-21-9-8-20-24(30-11-10-29-20)25(21)38(4,5)36/h8-11,13-15,18H,6-7,12H2,1-5H3,(H2,31,32,33,34)/t18-/m0/s1. The number of benzene rings is 2. The highest BCUT2D eigenvalue weighted by Gasteiger charge is 2.24. The summed E-state index contributed by atoms with van der Waals surface area (Å²) in [4.78, 5) is 20.3. The number of methoxy groups -OCH3 is 1. The molecule has 5 rings (SSSR count). The van der Waals surface area contributed by atoms with Crippen LogP contribution in [-0.4, -0.2) is 65.4 Å². The van der Waals surface area contributed by atoms with Crippen LogP contribution in [0.3, 0.4) is 0 Å². The number of halogens is 1. The maximum Gasteiger partial charge on any atom is 0.229 e. The van der Waals surface area contributed by atoms with Crippen LogP contribution in [0.15, 0.2) is 47.3 Å². The minimum absolute atomic E-state index is 0.411. The number of fused-ring (bicyclic) bond motifs is 2. The van der Waals surface area contributed by atoms with Crippen molar-refractivity contribution in [2.24, 2.45) is 0 Å². The van der Waals surface area contributed by atoms with Crippen molar-refractivity contribution >= 4 is 62.6 Å². The van der Waals surface area contributed by atoms with Gasteiger partial charge in [-0.15, -0.1) is 0 Å². The number of aromatic nitrogens is 4. The predicted molar refractivity (Wildman–Crippen MR) is 157 cm³/mol. The first-order chi connectivity index (χ1) is 18.1. The molecule has 38 heavy (non-hydrogen) atoms. The second-order valence-corrected chi connectivity index (χ2v) is 14.1. The van der Waals surface area contributed by atoms with Crippen LogP contribution < -0.4 is 20.7 Å².